The lowest BCUT2D eigenvalue weighted by Gasteiger charge is -2.43. The molecule has 1 saturated heterocycles. The molecule has 1 aromatic heterocycles. The van der Waals surface area contributed by atoms with Crippen LogP contribution in [-0.2, 0) is 0 Å². The number of nitrogens with zero attached hydrogens (tertiary/aromatic N) is 2. The minimum atomic E-state index is -0.479. The highest BCUT2D eigenvalue weighted by molar-refractivity contribution is 5.92. The van der Waals surface area contributed by atoms with Gasteiger partial charge in [-0.2, -0.15) is 0 Å². The first kappa shape index (κ1) is 14.2. The van der Waals surface area contributed by atoms with Crippen molar-refractivity contribution in [3.8, 4) is 0 Å². The molecule has 1 N–H and O–H groups in total. The summed E-state index contributed by atoms with van der Waals surface area (Å²) in [5.41, 5.74) is 1.37. The van der Waals surface area contributed by atoms with Crippen LogP contribution >= 0.6 is 0 Å². The third kappa shape index (κ3) is 2.36. The van der Waals surface area contributed by atoms with Gasteiger partial charge in [-0.3, -0.25) is 4.79 Å². The second-order valence-corrected chi connectivity index (χ2v) is 6.65. The van der Waals surface area contributed by atoms with Crippen LogP contribution in [0.15, 0.2) is 47.4 Å². The summed E-state index contributed by atoms with van der Waals surface area (Å²) in [6.45, 7) is 1.49. The number of H-pyrrole nitrogens is 1. The molecule has 1 aliphatic carbocycles. The van der Waals surface area contributed by atoms with Gasteiger partial charge in [0, 0.05) is 25.2 Å². The Balaban J connectivity index is 1.63. The first-order valence-corrected chi connectivity index (χ1v) is 8.08. The molecule has 1 aromatic carbocycles. The van der Waals surface area contributed by atoms with Gasteiger partial charge in [0.05, 0.1) is 0 Å². The van der Waals surface area contributed by atoms with Gasteiger partial charge in [-0.25, -0.2) is 9.78 Å². The predicted octanol–water partition coefficient (Wildman–Crippen LogP) is 2.18. The van der Waals surface area contributed by atoms with Crippen LogP contribution in [0.2, 0.25) is 0 Å². The molecule has 2 aromatic rings. The molecule has 0 radical (unpaired) electrons. The summed E-state index contributed by atoms with van der Waals surface area (Å²) >= 11 is 0. The molecule has 0 unspecified atom stereocenters. The fourth-order valence-electron chi connectivity index (χ4n) is 4.07. The first-order valence-electron chi connectivity index (χ1n) is 8.08. The number of benzene rings is 1. The Bertz CT molecular complexity index is 780. The molecule has 2 fully saturated rings. The smallest absolute Gasteiger partial charge is 0.336 e. The number of hydrogen-bond acceptors (Lipinski definition) is 3. The van der Waals surface area contributed by atoms with Crippen LogP contribution < -0.4 is 5.69 Å². The Morgan fingerprint density at radius 3 is 2.65 bits per heavy atom. The highest BCUT2D eigenvalue weighted by Crippen LogP contribution is 2.55. The van der Waals surface area contributed by atoms with Crippen LogP contribution in [0.3, 0.4) is 0 Å². The molecular formula is C18H19N3O2. The Hall–Kier alpha value is -2.43. The minimum absolute atomic E-state index is 0.103. The normalized spacial score (nSPS) is 22.1. The number of amides is 1. The highest BCUT2D eigenvalue weighted by Gasteiger charge is 2.51. The molecule has 1 spiro atoms. The van der Waals surface area contributed by atoms with E-state index in [-0.39, 0.29) is 11.3 Å². The van der Waals surface area contributed by atoms with Crippen molar-refractivity contribution in [2.75, 3.05) is 13.1 Å². The summed E-state index contributed by atoms with van der Waals surface area (Å²) in [5.74, 6) is 0.282. The van der Waals surface area contributed by atoms with Crippen molar-refractivity contribution in [2.24, 2.45) is 5.41 Å². The standard InChI is InChI=1S/C18H19N3O2/c22-16(15-7-10-19-17(23)20-15)21-11-14(13-5-2-1-3-6-13)18(12-21)8-4-9-18/h1-3,5-7,10,14H,4,8-9,11-12H2,(H,19,20,23)/t14-/m0/s1. The van der Waals surface area contributed by atoms with Gasteiger partial charge >= 0.3 is 5.69 Å². The van der Waals surface area contributed by atoms with Crippen molar-refractivity contribution in [3.05, 3.63) is 64.3 Å². The number of aromatic nitrogens is 2. The summed E-state index contributed by atoms with van der Waals surface area (Å²) in [7, 11) is 0. The number of aromatic amines is 1. The zero-order chi connectivity index (χ0) is 15.9. The van der Waals surface area contributed by atoms with E-state index in [0.29, 0.717) is 18.2 Å². The lowest BCUT2D eigenvalue weighted by atomic mass is 9.61. The first-order chi connectivity index (χ1) is 11.2. The molecule has 23 heavy (non-hydrogen) atoms. The molecule has 1 aliphatic heterocycles. The summed E-state index contributed by atoms with van der Waals surface area (Å²) < 4.78 is 0. The third-order valence-corrected chi connectivity index (χ3v) is 5.39. The van der Waals surface area contributed by atoms with Gasteiger partial charge in [0.2, 0.25) is 0 Å². The number of carbonyl (C=O) groups is 1. The zero-order valence-corrected chi connectivity index (χ0v) is 12.9. The van der Waals surface area contributed by atoms with Gasteiger partial charge in [-0.05, 0) is 29.9 Å². The Kier molecular flexibility index (Phi) is 3.29. The van der Waals surface area contributed by atoms with Crippen LogP contribution in [0.25, 0.3) is 0 Å². The summed E-state index contributed by atoms with van der Waals surface area (Å²) in [4.78, 5) is 32.1. The maximum Gasteiger partial charge on any atom is 0.345 e. The van der Waals surface area contributed by atoms with E-state index in [2.05, 4.69) is 34.2 Å². The number of rotatable bonds is 2. The molecule has 5 heteroatoms. The molecule has 2 aliphatic rings. The number of hydrogen-bond donors (Lipinski definition) is 1. The molecule has 118 valence electrons. The quantitative estimate of drug-likeness (QED) is 0.924. The van der Waals surface area contributed by atoms with Gasteiger partial charge < -0.3 is 9.88 Å². The van der Waals surface area contributed by atoms with Crippen molar-refractivity contribution < 1.29 is 4.79 Å². The van der Waals surface area contributed by atoms with Crippen molar-refractivity contribution in [3.63, 3.8) is 0 Å². The molecule has 1 atom stereocenters. The number of likely N-dealkylation sites (tertiary alicyclic amines) is 1. The summed E-state index contributed by atoms with van der Waals surface area (Å²) in [6.07, 6.45) is 4.96. The second kappa shape index (κ2) is 5.33. The van der Waals surface area contributed by atoms with Crippen molar-refractivity contribution >= 4 is 5.91 Å². The summed E-state index contributed by atoms with van der Waals surface area (Å²) in [5, 5.41) is 0. The van der Waals surface area contributed by atoms with Crippen molar-refractivity contribution in [1.82, 2.24) is 14.9 Å². The lowest BCUT2D eigenvalue weighted by molar-refractivity contribution is 0.0719. The van der Waals surface area contributed by atoms with E-state index in [1.807, 2.05) is 11.0 Å². The highest BCUT2D eigenvalue weighted by atomic mass is 16.2. The largest absolute Gasteiger partial charge is 0.345 e. The Morgan fingerprint density at radius 2 is 2.00 bits per heavy atom. The second-order valence-electron chi connectivity index (χ2n) is 6.65. The topological polar surface area (TPSA) is 66.1 Å². The van der Waals surface area contributed by atoms with Crippen LogP contribution in [0.1, 0.15) is 41.2 Å². The maximum absolute atomic E-state index is 12.7. The molecular weight excluding hydrogens is 290 g/mol. The number of nitrogens with one attached hydrogen (secondary N) is 1. The van der Waals surface area contributed by atoms with E-state index < -0.39 is 5.69 Å². The van der Waals surface area contributed by atoms with Gasteiger partial charge in [-0.1, -0.05) is 36.8 Å². The van der Waals surface area contributed by atoms with Gasteiger partial charge in [-0.15, -0.1) is 0 Å². The minimum Gasteiger partial charge on any atom is -0.336 e. The molecule has 4 rings (SSSR count). The van der Waals surface area contributed by atoms with E-state index in [9.17, 15) is 9.59 Å². The average Bonchev–Trinajstić information content (AvgIpc) is 2.96. The predicted molar refractivity (Wildman–Crippen MR) is 86.2 cm³/mol. The summed E-state index contributed by atoms with van der Waals surface area (Å²) in [6, 6.07) is 12.0. The number of carbonyl (C=O) groups excluding carboxylic acids is 1. The van der Waals surface area contributed by atoms with Gasteiger partial charge in [0.25, 0.3) is 5.91 Å². The van der Waals surface area contributed by atoms with Crippen LogP contribution in [0.5, 0.6) is 0 Å². The SMILES string of the molecule is O=C(c1ccnc(=O)[nH]1)N1C[C@@H](c2ccccc2)C2(CCC2)C1. The molecule has 5 nitrogen and oxygen atoms in total. The third-order valence-electron chi connectivity index (χ3n) is 5.39. The molecule has 2 heterocycles. The van der Waals surface area contributed by atoms with Crippen molar-refractivity contribution in [2.45, 2.75) is 25.2 Å². The van der Waals surface area contributed by atoms with Crippen LogP contribution in [0.4, 0.5) is 0 Å². The lowest BCUT2D eigenvalue weighted by Crippen LogP contribution is -2.38. The molecule has 0 bridgehead atoms. The zero-order valence-electron chi connectivity index (χ0n) is 12.9. The maximum atomic E-state index is 12.7. The van der Waals surface area contributed by atoms with E-state index in [0.717, 1.165) is 6.54 Å². The van der Waals surface area contributed by atoms with E-state index in [4.69, 9.17) is 0 Å². The fourth-order valence-corrected chi connectivity index (χ4v) is 4.07. The van der Waals surface area contributed by atoms with Crippen LogP contribution in [0, 0.1) is 5.41 Å². The van der Waals surface area contributed by atoms with E-state index in [1.165, 1.54) is 31.0 Å². The monoisotopic (exact) mass is 309 g/mol. The molecule has 1 amide bonds. The van der Waals surface area contributed by atoms with Gasteiger partial charge in [0.15, 0.2) is 0 Å². The van der Waals surface area contributed by atoms with E-state index >= 15 is 0 Å². The Labute approximate surface area is 134 Å². The van der Waals surface area contributed by atoms with Crippen molar-refractivity contribution in [1.29, 1.82) is 0 Å². The fraction of sp³-hybridized carbons (Fsp3) is 0.389. The van der Waals surface area contributed by atoms with E-state index in [1.54, 1.807) is 6.07 Å². The molecule has 1 saturated carbocycles. The Morgan fingerprint density at radius 1 is 1.22 bits per heavy atom. The van der Waals surface area contributed by atoms with Crippen LogP contribution in [-0.4, -0.2) is 33.9 Å². The average molecular weight is 309 g/mol. The van der Waals surface area contributed by atoms with Gasteiger partial charge in [0.1, 0.15) is 5.69 Å².